The summed E-state index contributed by atoms with van der Waals surface area (Å²) in [7, 11) is 1.58. The monoisotopic (exact) mass is 522 g/mol. The fourth-order valence-corrected chi connectivity index (χ4v) is 5.00. The number of hydrogen-bond acceptors (Lipinski definition) is 6. The molecule has 0 spiro atoms. The summed E-state index contributed by atoms with van der Waals surface area (Å²) in [6, 6.07) is 21.5. The van der Waals surface area contributed by atoms with Crippen LogP contribution in [0.15, 0.2) is 77.3 Å². The van der Waals surface area contributed by atoms with Crippen LogP contribution in [-0.2, 0) is 14.4 Å². The van der Waals surface area contributed by atoms with Crippen molar-refractivity contribution >= 4 is 39.1 Å². The molecule has 2 heterocycles. The average molecular weight is 523 g/mol. The van der Waals surface area contributed by atoms with Crippen LogP contribution >= 0.6 is 15.9 Å². The van der Waals surface area contributed by atoms with Crippen LogP contribution < -0.4 is 19.4 Å². The molecule has 0 aromatic heterocycles. The molecular weight excluding hydrogens is 500 g/mol. The summed E-state index contributed by atoms with van der Waals surface area (Å²) in [6.45, 7) is 2.27. The van der Waals surface area contributed by atoms with E-state index < -0.39 is 24.0 Å². The molecule has 34 heavy (non-hydrogen) atoms. The first-order valence-electron chi connectivity index (χ1n) is 11.0. The van der Waals surface area contributed by atoms with Crippen LogP contribution in [0.1, 0.15) is 18.5 Å². The number of hydrogen-bond donors (Lipinski definition) is 0. The number of carbonyl (C=O) groups excluding carboxylic acids is 2. The van der Waals surface area contributed by atoms with E-state index in [0.29, 0.717) is 23.8 Å². The Morgan fingerprint density at radius 2 is 1.68 bits per heavy atom. The lowest BCUT2D eigenvalue weighted by atomic mass is 9.90. The fourth-order valence-electron chi connectivity index (χ4n) is 4.62. The van der Waals surface area contributed by atoms with Crippen molar-refractivity contribution in [3.05, 3.63) is 82.8 Å². The second-order valence-corrected chi connectivity index (χ2v) is 8.87. The molecule has 2 amide bonds. The van der Waals surface area contributed by atoms with E-state index in [1.54, 1.807) is 30.4 Å². The first-order valence-corrected chi connectivity index (χ1v) is 11.8. The lowest BCUT2D eigenvalue weighted by Gasteiger charge is -2.30. The Labute approximate surface area is 205 Å². The Kier molecular flexibility index (Phi) is 6.02. The lowest BCUT2D eigenvalue weighted by molar-refractivity contribution is -0.126. The minimum Gasteiger partial charge on any atom is -0.496 e. The van der Waals surface area contributed by atoms with Gasteiger partial charge in [-0.1, -0.05) is 46.3 Å². The van der Waals surface area contributed by atoms with Crippen LogP contribution in [0.25, 0.3) is 0 Å². The van der Waals surface area contributed by atoms with E-state index in [4.69, 9.17) is 14.3 Å². The van der Waals surface area contributed by atoms with Crippen LogP contribution in [0.2, 0.25) is 0 Å². The number of fused-ring (bicyclic) bond motifs is 1. The first-order chi connectivity index (χ1) is 16.5. The number of halogens is 1. The maximum absolute atomic E-state index is 13.9. The number of imide groups is 1. The Morgan fingerprint density at radius 3 is 2.41 bits per heavy atom. The van der Waals surface area contributed by atoms with Crippen molar-refractivity contribution < 1.29 is 23.9 Å². The van der Waals surface area contributed by atoms with Gasteiger partial charge in [-0.15, -0.1) is 0 Å². The number of hydroxylamine groups is 1. The highest BCUT2D eigenvalue weighted by molar-refractivity contribution is 9.10. The van der Waals surface area contributed by atoms with Gasteiger partial charge in [0.05, 0.1) is 31.1 Å². The predicted molar refractivity (Wildman–Crippen MR) is 131 cm³/mol. The Hall–Kier alpha value is -3.36. The van der Waals surface area contributed by atoms with Gasteiger partial charge in [-0.25, -0.2) is 9.96 Å². The molecule has 2 aliphatic rings. The normalized spacial score (nSPS) is 21.7. The van der Waals surface area contributed by atoms with Crippen molar-refractivity contribution in [1.29, 1.82) is 0 Å². The molecule has 0 bridgehead atoms. The molecule has 3 aromatic rings. The zero-order valence-electron chi connectivity index (χ0n) is 18.7. The highest BCUT2D eigenvalue weighted by Gasteiger charge is 2.61. The van der Waals surface area contributed by atoms with Crippen LogP contribution in [0.3, 0.4) is 0 Å². The molecule has 3 atom stereocenters. The number of carbonyl (C=O) groups is 2. The molecule has 0 radical (unpaired) electrons. The molecule has 2 aliphatic heterocycles. The van der Waals surface area contributed by atoms with Gasteiger partial charge in [0, 0.05) is 10.0 Å². The molecule has 5 rings (SSSR count). The van der Waals surface area contributed by atoms with Gasteiger partial charge in [0.15, 0.2) is 6.10 Å². The van der Waals surface area contributed by atoms with Crippen molar-refractivity contribution in [1.82, 2.24) is 0 Å². The third-order valence-electron chi connectivity index (χ3n) is 6.04. The molecule has 3 aromatic carbocycles. The lowest BCUT2D eigenvalue weighted by Crippen LogP contribution is -2.37. The molecule has 0 saturated carbocycles. The summed E-state index contributed by atoms with van der Waals surface area (Å²) in [4.78, 5) is 34.9. The second kappa shape index (κ2) is 9.12. The van der Waals surface area contributed by atoms with E-state index >= 15 is 0 Å². The van der Waals surface area contributed by atoms with E-state index in [0.717, 1.165) is 15.7 Å². The Bertz CT molecular complexity index is 1230. The number of para-hydroxylation sites is 3. The number of anilines is 2. The van der Waals surface area contributed by atoms with Gasteiger partial charge in [-0.3, -0.25) is 14.4 Å². The minimum atomic E-state index is -0.976. The summed E-state index contributed by atoms with van der Waals surface area (Å²) in [5, 5.41) is 1.65. The maximum Gasteiger partial charge on any atom is 0.266 e. The maximum atomic E-state index is 13.9. The fraction of sp³-hybridized carbons (Fsp3) is 0.231. The van der Waals surface area contributed by atoms with Crippen LogP contribution in [-0.4, -0.2) is 31.6 Å². The van der Waals surface area contributed by atoms with Crippen LogP contribution in [0, 0.1) is 5.92 Å². The molecule has 0 N–H and O–H groups in total. The standard InChI is InChI=1S/C26H23BrN2O5/c1-3-33-21-12-8-7-11-19(21)28-25(30)22-23(18-15-16(27)13-14-20(18)32-2)29(34-24(22)26(28)31)17-9-5-4-6-10-17/h4-15,22-24H,3H2,1-2H3. The predicted octanol–water partition coefficient (Wildman–Crippen LogP) is 4.91. The molecule has 2 fully saturated rings. The van der Waals surface area contributed by atoms with E-state index in [1.807, 2.05) is 61.5 Å². The molecule has 2 saturated heterocycles. The highest BCUT2D eigenvalue weighted by Crippen LogP contribution is 2.50. The highest BCUT2D eigenvalue weighted by atomic mass is 79.9. The van der Waals surface area contributed by atoms with Crippen molar-refractivity contribution in [2.24, 2.45) is 5.92 Å². The molecular formula is C26H23BrN2O5. The Balaban J connectivity index is 1.63. The third-order valence-corrected chi connectivity index (χ3v) is 6.54. The molecule has 8 heteroatoms. The minimum absolute atomic E-state index is 0.340. The SMILES string of the molecule is CCOc1ccccc1N1C(=O)C2ON(c3ccccc3)C(c3cc(Br)ccc3OC)C2C1=O. The van der Waals surface area contributed by atoms with Crippen LogP contribution in [0.5, 0.6) is 11.5 Å². The quantitative estimate of drug-likeness (QED) is 0.428. The summed E-state index contributed by atoms with van der Waals surface area (Å²) in [5.41, 5.74) is 1.91. The first kappa shape index (κ1) is 22.4. The number of benzene rings is 3. The molecule has 0 aliphatic carbocycles. The summed E-state index contributed by atoms with van der Waals surface area (Å²) < 4.78 is 12.2. The number of amides is 2. The van der Waals surface area contributed by atoms with Crippen molar-refractivity contribution in [2.75, 3.05) is 23.7 Å². The molecule has 3 unspecified atom stereocenters. The van der Waals surface area contributed by atoms with E-state index in [2.05, 4.69) is 15.9 Å². The second-order valence-electron chi connectivity index (χ2n) is 7.96. The zero-order valence-corrected chi connectivity index (χ0v) is 20.3. The largest absolute Gasteiger partial charge is 0.496 e. The molecule has 7 nitrogen and oxygen atoms in total. The third kappa shape index (κ3) is 3.63. The number of ether oxygens (including phenoxy) is 2. The number of rotatable bonds is 6. The van der Waals surface area contributed by atoms with Gasteiger partial charge in [0.1, 0.15) is 17.4 Å². The van der Waals surface area contributed by atoms with Gasteiger partial charge in [-0.2, -0.15) is 0 Å². The van der Waals surface area contributed by atoms with E-state index in [9.17, 15) is 9.59 Å². The average Bonchev–Trinajstić information content (AvgIpc) is 3.36. The zero-order chi connectivity index (χ0) is 23.8. The topological polar surface area (TPSA) is 68.3 Å². The van der Waals surface area contributed by atoms with Crippen LogP contribution in [0.4, 0.5) is 11.4 Å². The Morgan fingerprint density at radius 1 is 0.941 bits per heavy atom. The summed E-state index contributed by atoms with van der Waals surface area (Å²) >= 11 is 3.53. The van der Waals surface area contributed by atoms with Gasteiger partial charge in [-0.05, 0) is 49.4 Å². The van der Waals surface area contributed by atoms with Gasteiger partial charge in [0.2, 0.25) is 5.91 Å². The smallest absolute Gasteiger partial charge is 0.266 e. The van der Waals surface area contributed by atoms with Crippen molar-refractivity contribution in [2.45, 2.75) is 19.1 Å². The van der Waals surface area contributed by atoms with Gasteiger partial charge < -0.3 is 9.47 Å². The van der Waals surface area contributed by atoms with E-state index in [-0.39, 0.29) is 5.91 Å². The number of methoxy groups -OCH3 is 1. The van der Waals surface area contributed by atoms with Crippen molar-refractivity contribution in [3.8, 4) is 11.5 Å². The van der Waals surface area contributed by atoms with Gasteiger partial charge >= 0.3 is 0 Å². The summed E-state index contributed by atoms with van der Waals surface area (Å²) in [5.74, 6) is -0.451. The van der Waals surface area contributed by atoms with E-state index in [1.165, 1.54) is 4.90 Å². The number of nitrogens with zero attached hydrogens (tertiary/aromatic N) is 2. The molecule has 174 valence electrons. The van der Waals surface area contributed by atoms with Gasteiger partial charge in [0.25, 0.3) is 5.91 Å². The summed E-state index contributed by atoms with van der Waals surface area (Å²) in [6.07, 6.45) is -0.976. The van der Waals surface area contributed by atoms with Crippen molar-refractivity contribution in [3.63, 3.8) is 0 Å².